The van der Waals surface area contributed by atoms with Gasteiger partial charge in [-0.1, -0.05) is 0 Å². The molecule has 2 fully saturated rings. The third kappa shape index (κ3) is 3.86. The first-order chi connectivity index (χ1) is 16.2. The molecule has 1 N–H and O–H groups in total. The Morgan fingerprint density at radius 3 is 2.50 bits per heavy atom. The summed E-state index contributed by atoms with van der Waals surface area (Å²) in [5, 5.41) is 3.24. The number of carbonyl (C=O) groups is 1. The van der Waals surface area contributed by atoms with Crippen molar-refractivity contribution in [1.29, 1.82) is 0 Å². The Hall–Kier alpha value is -3.56. The van der Waals surface area contributed by atoms with Crippen LogP contribution in [0, 0.1) is 13.8 Å². The zero-order valence-corrected chi connectivity index (χ0v) is 18.7. The van der Waals surface area contributed by atoms with E-state index in [1.54, 1.807) is 24.7 Å². The van der Waals surface area contributed by atoms with E-state index in [1.165, 1.54) is 6.07 Å². The van der Waals surface area contributed by atoms with Crippen molar-refractivity contribution in [2.75, 3.05) is 5.32 Å². The van der Waals surface area contributed by atoms with Gasteiger partial charge in [-0.3, -0.25) is 9.78 Å². The van der Waals surface area contributed by atoms with E-state index in [2.05, 4.69) is 25.3 Å². The van der Waals surface area contributed by atoms with E-state index in [4.69, 9.17) is 0 Å². The third-order valence-electron chi connectivity index (χ3n) is 6.78. The average Bonchev–Trinajstić information content (AvgIpc) is 3.38. The topological polar surface area (TPSA) is 83.9 Å². The standard InChI is InChI=1S/C24H23F3N6O/c1-13-11-31-21(20(14(13)2)22-28-8-3-9-29-22)23(34)33-16-5-6-18(33)17(10-16)32-19-7-4-15(12-30-19)24(25,26)27/h3-4,7-9,11-12,16-18H,5-6,10H2,1-2H3,(H,30,32)/t16-,17-,18?/m1/s1. The molecule has 0 saturated carbocycles. The SMILES string of the molecule is Cc1cnc(C(=O)N2C3CC[C@@H]2C[C@H]3Nc2ccc(C(F)(F)F)cn2)c(-c2ncccn2)c1C. The van der Waals surface area contributed by atoms with Gasteiger partial charge in [0.2, 0.25) is 0 Å². The van der Waals surface area contributed by atoms with Crippen LogP contribution in [0.1, 0.15) is 46.4 Å². The van der Waals surface area contributed by atoms with Gasteiger partial charge in [-0.15, -0.1) is 0 Å². The number of alkyl halides is 3. The van der Waals surface area contributed by atoms with E-state index in [0.717, 1.165) is 36.2 Å². The molecule has 5 heterocycles. The van der Waals surface area contributed by atoms with Crippen LogP contribution in [0.25, 0.3) is 11.4 Å². The normalized spacial score (nSPS) is 21.7. The molecule has 2 aliphatic rings. The lowest BCUT2D eigenvalue weighted by Gasteiger charge is -2.26. The Labute approximate surface area is 194 Å². The number of hydrogen-bond acceptors (Lipinski definition) is 6. The highest BCUT2D eigenvalue weighted by Gasteiger charge is 2.49. The summed E-state index contributed by atoms with van der Waals surface area (Å²) in [6, 6.07) is 3.88. The van der Waals surface area contributed by atoms with Gasteiger partial charge in [0.05, 0.1) is 17.2 Å². The molecule has 5 rings (SSSR count). The van der Waals surface area contributed by atoms with Crippen LogP contribution in [0.15, 0.2) is 43.0 Å². The number of nitrogens with one attached hydrogen (secondary N) is 1. The van der Waals surface area contributed by atoms with Gasteiger partial charge < -0.3 is 10.2 Å². The van der Waals surface area contributed by atoms with Gasteiger partial charge in [0.15, 0.2) is 5.82 Å². The fourth-order valence-electron chi connectivity index (χ4n) is 4.98. The molecule has 1 amide bonds. The second kappa shape index (κ2) is 8.34. The minimum Gasteiger partial charge on any atom is -0.365 e. The molecule has 0 radical (unpaired) electrons. The number of hydrogen-bond donors (Lipinski definition) is 1. The minimum atomic E-state index is -4.43. The number of aryl methyl sites for hydroxylation is 1. The summed E-state index contributed by atoms with van der Waals surface area (Å²) < 4.78 is 38.5. The molecule has 1 unspecified atom stereocenters. The summed E-state index contributed by atoms with van der Waals surface area (Å²) in [7, 11) is 0. The van der Waals surface area contributed by atoms with E-state index in [-0.39, 0.29) is 24.0 Å². The lowest BCUT2D eigenvalue weighted by molar-refractivity contribution is -0.137. The number of rotatable bonds is 4. The largest absolute Gasteiger partial charge is 0.417 e. The van der Waals surface area contributed by atoms with E-state index >= 15 is 0 Å². The minimum absolute atomic E-state index is 0.0254. The van der Waals surface area contributed by atoms with Crippen molar-refractivity contribution in [3.63, 3.8) is 0 Å². The van der Waals surface area contributed by atoms with Gasteiger partial charge in [0.1, 0.15) is 11.5 Å². The fourth-order valence-corrected chi connectivity index (χ4v) is 4.98. The quantitative estimate of drug-likeness (QED) is 0.610. The van der Waals surface area contributed by atoms with Crippen LogP contribution in [0.4, 0.5) is 19.0 Å². The number of pyridine rings is 2. The van der Waals surface area contributed by atoms with Gasteiger partial charge in [0.25, 0.3) is 5.91 Å². The van der Waals surface area contributed by atoms with Crippen molar-refractivity contribution in [3.05, 3.63) is 65.4 Å². The van der Waals surface area contributed by atoms with Gasteiger partial charge >= 0.3 is 6.18 Å². The molecule has 2 saturated heterocycles. The molecule has 3 aromatic rings. The summed E-state index contributed by atoms with van der Waals surface area (Å²) in [6.07, 6.45) is 3.72. The van der Waals surface area contributed by atoms with Crippen LogP contribution in [-0.2, 0) is 6.18 Å². The molecule has 7 nitrogen and oxygen atoms in total. The molecule has 2 aliphatic heterocycles. The Bertz CT molecular complexity index is 1220. The van der Waals surface area contributed by atoms with Gasteiger partial charge in [0, 0.05) is 36.9 Å². The predicted molar refractivity (Wildman–Crippen MR) is 119 cm³/mol. The highest BCUT2D eigenvalue weighted by atomic mass is 19.4. The maximum Gasteiger partial charge on any atom is 0.417 e. The number of anilines is 1. The summed E-state index contributed by atoms with van der Waals surface area (Å²) in [5.41, 5.74) is 2.00. The molecule has 3 atom stereocenters. The molecule has 34 heavy (non-hydrogen) atoms. The van der Waals surface area contributed by atoms with Crippen LogP contribution in [0.2, 0.25) is 0 Å². The number of aromatic nitrogens is 4. The molecule has 10 heteroatoms. The molecule has 0 aromatic carbocycles. The fraction of sp³-hybridized carbons (Fsp3) is 0.375. The first-order valence-electron chi connectivity index (χ1n) is 11.1. The van der Waals surface area contributed by atoms with Crippen molar-refractivity contribution in [2.45, 2.75) is 57.4 Å². The van der Waals surface area contributed by atoms with E-state index in [1.807, 2.05) is 18.7 Å². The lowest BCUT2D eigenvalue weighted by Crippen LogP contribution is -2.40. The van der Waals surface area contributed by atoms with Crippen LogP contribution in [-0.4, -0.2) is 48.9 Å². The summed E-state index contributed by atoms with van der Waals surface area (Å²) >= 11 is 0. The van der Waals surface area contributed by atoms with Crippen LogP contribution in [0.5, 0.6) is 0 Å². The van der Waals surface area contributed by atoms with E-state index in [9.17, 15) is 18.0 Å². The van der Waals surface area contributed by atoms with Crippen LogP contribution >= 0.6 is 0 Å². The molecular weight excluding hydrogens is 445 g/mol. The van der Waals surface area contributed by atoms with Crippen LogP contribution < -0.4 is 5.32 Å². The molecule has 2 bridgehead atoms. The molecule has 0 spiro atoms. The van der Waals surface area contributed by atoms with Crippen molar-refractivity contribution in [1.82, 2.24) is 24.8 Å². The number of nitrogens with zero attached hydrogens (tertiary/aromatic N) is 5. The zero-order chi connectivity index (χ0) is 24.0. The number of carbonyl (C=O) groups excluding carboxylic acids is 1. The predicted octanol–water partition coefficient (Wildman–Crippen LogP) is 4.43. The van der Waals surface area contributed by atoms with Crippen molar-refractivity contribution >= 4 is 11.7 Å². The second-order valence-corrected chi connectivity index (χ2v) is 8.79. The highest BCUT2D eigenvalue weighted by Crippen LogP contribution is 2.41. The zero-order valence-electron chi connectivity index (χ0n) is 18.7. The second-order valence-electron chi connectivity index (χ2n) is 8.79. The molecule has 176 valence electrons. The van der Waals surface area contributed by atoms with Gasteiger partial charge in [-0.2, -0.15) is 13.2 Å². The average molecular weight is 468 g/mol. The smallest absolute Gasteiger partial charge is 0.365 e. The number of halogens is 3. The summed E-state index contributed by atoms with van der Waals surface area (Å²) in [5.74, 6) is 0.637. The maximum atomic E-state index is 13.8. The Balaban J connectivity index is 1.41. The summed E-state index contributed by atoms with van der Waals surface area (Å²) in [4.78, 5) is 32.7. The Morgan fingerprint density at radius 1 is 1.06 bits per heavy atom. The molecule has 0 aliphatic carbocycles. The number of amides is 1. The van der Waals surface area contributed by atoms with E-state index < -0.39 is 11.7 Å². The van der Waals surface area contributed by atoms with Crippen molar-refractivity contribution in [2.24, 2.45) is 0 Å². The van der Waals surface area contributed by atoms with Crippen molar-refractivity contribution < 1.29 is 18.0 Å². The maximum absolute atomic E-state index is 13.8. The number of fused-ring (bicyclic) bond motifs is 2. The molecule has 3 aromatic heterocycles. The van der Waals surface area contributed by atoms with Gasteiger partial charge in [-0.25, -0.2) is 15.0 Å². The van der Waals surface area contributed by atoms with Crippen molar-refractivity contribution in [3.8, 4) is 11.4 Å². The first kappa shape index (κ1) is 22.2. The first-order valence-corrected chi connectivity index (χ1v) is 11.1. The monoisotopic (exact) mass is 468 g/mol. The third-order valence-corrected chi connectivity index (χ3v) is 6.78. The van der Waals surface area contributed by atoms with Gasteiger partial charge in [-0.05, 0) is 62.4 Å². The highest BCUT2D eigenvalue weighted by molar-refractivity contribution is 5.99. The van der Waals surface area contributed by atoms with Crippen LogP contribution in [0.3, 0.4) is 0 Å². The molecular formula is C24H23F3N6O. The Morgan fingerprint density at radius 2 is 1.82 bits per heavy atom. The summed E-state index contributed by atoms with van der Waals surface area (Å²) in [6.45, 7) is 3.86. The Kier molecular flexibility index (Phi) is 5.45. The van der Waals surface area contributed by atoms with E-state index in [0.29, 0.717) is 29.3 Å². The lowest BCUT2D eigenvalue weighted by atomic mass is 9.95.